The van der Waals surface area contributed by atoms with Crippen LogP contribution in [0.4, 0.5) is 19.0 Å². The summed E-state index contributed by atoms with van der Waals surface area (Å²) in [5, 5.41) is 3.92. The minimum absolute atomic E-state index is 0.116. The SMILES string of the molecule is C#CCOc1ccc(/C=N\Nc2ccc(C(F)(F)F)cn2)cc1OC. The van der Waals surface area contributed by atoms with E-state index >= 15 is 0 Å². The molecule has 2 aromatic rings. The number of pyridine rings is 1. The third-order valence-electron chi connectivity index (χ3n) is 2.98. The fourth-order valence-corrected chi connectivity index (χ4v) is 1.80. The van der Waals surface area contributed by atoms with Crippen LogP contribution in [0.1, 0.15) is 11.1 Å². The Bertz CT molecular complexity index is 781. The molecule has 0 saturated carbocycles. The number of benzene rings is 1. The van der Waals surface area contributed by atoms with E-state index in [0.717, 1.165) is 12.3 Å². The van der Waals surface area contributed by atoms with Gasteiger partial charge in [0.2, 0.25) is 0 Å². The van der Waals surface area contributed by atoms with E-state index in [-0.39, 0.29) is 12.4 Å². The fraction of sp³-hybridized carbons (Fsp3) is 0.176. The van der Waals surface area contributed by atoms with Crippen LogP contribution >= 0.6 is 0 Å². The monoisotopic (exact) mass is 349 g/mol. The Labute approximate surface area is 142 Å². The summed E-state index contributed by atoms with van der Waals surface area (Å²) >= 11 is 0. The standard InChI is InChI=1S/C17H14F3N3O2/c1-3-8-25-14-6-4-12(9-15(14)24-2)10-22-23-16-7-5-13(11-21-16)17(18,19)20/h1,4-7,9-11H,8H2,2H3,(H,21,23)/b22-10-. The lowest BCUT2D eigenvalue weighted by molar-refractivity contribution is -0.137. The average Bonchev–Trinajstić information content (AvgIpc) is 2.60. The number of nitrogens with zero attached hydrogens (tertiary/aromatic N) is 2. The number of hydrazone groups is 1. The van der Waals surface area contributed by atoms with Crippen molar-refractivity contribution in [3.8, 4) is 23.8 Å². The first-order chi connectivity index (χ1) is 11.9. The van der Waals surface area contributed by atoms with E-state index in [1.54, 1.807) is 18.2 Å². The lowest BCUT2D eigenvalue weighted by Gasteiger charge is -2.09. The highest BCUT2D eigenvalue weighted by Gasteiger charge is 2.30. The zero-order chi connectivity index (χ0) is 18.3. The molecule has 1 aromatic carbocycles. The first-order valence-electron chi connectivity index (χ1n) is 7.00. The predicted molar refractivity (Wildman–Crippen MR) is 87.8 cm³/mol. The summed E-state index contributed by atoms with van der Waals surface area (Å²) in [6, 6.07) is 7.19. The average molecular weight is 349 g/mol. The number of hydrogen-bond acceptors (Lipinski definition) is 5. The number of nitrogens with one attached hydrogen (secondary N) is 1. The van der Waals surface area contributed by atoms with Crippen LogP contribution in [0.5, 0.6) is 11.5 Å². The molecule has 1 heterocycles. The molecule has 0 radical (unpaired) electrons. The number of alkyl halides is 3. The summed E-state index contributed by atoms with van der Waals surface area (Å²) in [7, 11) is 1.49. The van der Waals surface area contributed by atoms with Crippen molar-refractivity contribution >= 4 is 12.0 Å². The van der Waals surface area contributed by atoms with Gasteiger partial charge in [0.25, 0.3) is 0 Å². The van der Waals surface area contributed by atoms with Crippen molar-refractivity contribution in [3.63, 3.8) is 0 Å². The second kappa shape index (κ2) is 8.06. The van der Waals surface area contributed by atoms with Crippen molar-refractivity contribution in [2.24, 2.45) is 5.10 Å². The maximum Gasteiger partial charge on any atom is 0.417 e. The molecule has 25 heavy (non-hydrogen) atoms. The molecule has 0 aliphatic heterocycles. The molecule has 0 aliphatic rings. The second-order valence-electron chi connectivity index (χ2n) is 4.70. The van der Waals surface area contributed by atoms with Gasteiger partial charge in [-0.15, -0.1) is 6.42 Å². The molecular formula is C17H14F3N3O2. The number of anilines is 1. The van der Waals surface area contributed by atoms with Crippen molar-refractivity contribution < 1.29 is 22.6 Å². The molecule has 0 bridgehead atoms. The van der Waals surface area contributed by atoms with Gasteiger partial charge in [0.1, 0.15) is 12.4 Å². The maximum atomic E-state index is 12.5. The fourth-order valence-electron chi connectivity index (χ4n) is 1.80. The number of halogens is 3. The molecule has 1 aromatic heterocycles. The molecule has 0 atom stereocenters. The molecule has 0 unspecified atom stereocenters. The predicted octanol–water partition coefficient (Wildman–Crippen LogP) is 3.57. The highest BCUT2D eigenvalue weighted by Crippen LogP contribution is 2.29. The number of terminal acetylenes is 1. The molecule has 0 amide bonds. The summed E-state index contributed by atoms with van der Waals surface area (Å²) in [6.07, 6.45) is 2.92. The summed E-state index contributed by atoms with van der Waals surface area (Å²) < 4.78 is 47.9. The van der Waals surface area contributed by atoms with Gasteiger partial charge >= 0.3 is 6.18 Å². The summed E-state index contributed by atoms with van der Waals surface area (Å²) in [4.78, 5) is 3.65. The number of methoxy groups -OCH3 is 1. The van der Waals surface area contributed by atoms with E-state index in [1.807, 2.05) is 0 Å². The Hall–Kier alpha value is -3.21. The second-order valence-corrected chi connectivity index (χ2v) is 4.70. The van der Waals surface area contributed by atoms with E-state index in [0.29, 0.717) is 17.1 Å². The number of aromatic nitrogens is 1. The first kappa shape index (κ1) is 18.1. The van der Waals surface area contributed by atoms with Gasteiger partial charge in [-0.25, -0.2) is 4.98 Å². The van der Waals surface area contributed by atoms with Crippen molar-refractivity contribution in [2.75, 3.05) is 19.1 Å². The van der Waals surface area contributed by atoms with Crippen LogP contribution in [0, 0.1) is 12.3 Å². The molecule has 5 nitrogen and oxygen atoms in total. The topological polar surface area (TPSA) is 55.7 Å². The summed E-state index contributed by atoms with van der Waals surface area (Å²) in [5.74, 6) is 3.52. The minimum Gasteiger partial charge on any atom is -0.493 e. The third-order valence-corrected chi connectivity index (χ3v) is 2.98. The van der Waals surface area contributed by atoms with Crippen molar-refractivity contribution in [1.29, 1.82) is 0 Å². The van der Waals surface area contributed by atoms with Crippen LogP contribution < -0.4 is 14.9 Å². The Kier molecular flexibility index (Phi) is 5.84. The molecule has 2 rings (SSSR count). The van der Waals surface area contributed by atoms with Crippen LogP contribution in [-0.2, 0) is 6.18 Å². The van der Waals surface area contributed by atoms with E-state index in [2.05, 4.69) is 21.4 Å². The zero-order valence-corrected chi connectivity index (χ0v) is 13.2. The minimum atomic E-state index is -4.42. The van der Waals surface area contributed by atoms with Gasteiger partial charge < -0.3 is 9.47 Å². The lowest BCUT2D eigenvalue weighted by Crippen LogP contribution is -2.05. The quantitative estimate of drug-likeness (QED) is 0.492. The number of hydrogen-bond donors (Lipinski definition) is 1. The van der Waals surface area contributed by atoms with Crippen LogP contribution in [-0.4, -0.2) is 24.9 Å². The van der Waals surface area contributed by atoms with Gasteiger partial charge in [-0.05, 0) is 35.9 Å². The highest BCUT2D eigenvalue weighted by molar-refractivity contribution is 5.81. The van der Waals surface area contributed by atoms with E-state index in [4.69, 9.17) is 15.9 Å². The Morgan fingerprint density at radius 2 is 2.08 bits per heavy atom. The van der Waals surface area contributed by atoms with Crippen molar-refractivity contribution in [1.82, 2.24) is 4.98 Å². The summed E-state index contributed by atoms with van der Waals surface area (Å²) in [6.45, 7) is 0.116. The van der Waals surface area contributed by atoms with E-state index in [1.165, 1.54) is 19.4 Å². The van der Waals surface area contributed by atoms with Crippen LogP contribution in [0.25, 0.3) is 0 Å². The van der Waals surface area contributed by atoms with Gasteiger partial charge in [0, 0.05) is 6.20 Å². The molecule has 0 fully saturated rings. The van der Waals surface area contributed by atoms with Crippen LogP contribution in [0.15, 0.2) is 41.6 Å². The first-order valence-corrected chi connectivity index (χ1v) is 7.00. The Balaban J connectivity index is 2.03. The highest BCUT2D eigenvalue weighted by atomic mass is 19.4. The number of ether oxygens (including phenoxy) is 2. The smallest absolute Gasteiger partial charge is 0.417 e. The van der Waals surface area contributed by atoms with Crippen molar-refractivity contribution in [3.05, 3.63) is 47.7 Å². The Morgan fingerprint density at radius 3 is 2.68 bits per heavy atom. The van der Waals surface area contributed by atoms with Gasteiger partial charge in [0.15, 0.2) is 11.5 Å². The summed E-state index contributed by atoms with van der Waals surface area (Å²) in [5.41, 5.74) is 2.41. The Morgan fingerprint density at radius 1 is 1.28 bits per heavy atom. The number of rotatable bonds is 6. The molecule has 0 aliphatic carbocycles. The van der Waals surface area contributed by atoms with Crippen LogP contribution in [0.3, 0.4) is 0 Å². The largest absolute Gasteiger partial charge is 0.493 e. The van der Waals surface area contributed by atoms with E-state index in [9.17, 15) is 13.2 Å². The van der Waals surface area contributed by atoms with E-state index < -0.39 is 11.7 Å². The van der Waals surface area contributed by atoms with Crippen molar-refractivity contribution in [2.45, 2.75) is 6.18 Å². The zero-order valence-electron chi connectivity index (χ0n) is 13.2. The molecule has 0 saturated heterocycles. The van der Waals surface area contributed by atoms with Gasteiger partial charge in [-0.3, -0.25) is 5.43 Å². The molecular weight excluding hydrogens is 335 g/mol. The third kappa shape index (κ3) is 5.14. The van der Waals surface area contributed by atoms with Gasteiger partial charge in [-0.2, -0.15) is 18.3 Å². The molecule has 0 spiro atoms. The maximum absolute atomic E-state index is 12.5. The lowest BCUT2D eigenvalue weighted by atomic mass is 10.2. The molecule has 1 N–H and O–H groups in total. The van der Waals surface area contributed by atoms with Crippen LogP contribution in [0.2, 0.25) is 0 Å². The molecule has 8 heteroatoms. The van der Waals surface area contributed by atoms with Gasteiger partial charge in [-0.1, -0.05) is 5.92 Å². The normalized spacial score (nSPS) is 11.2. The molecule has 130 valence electrons. The van der Waals surface area contributed by atoms with Gasteiger partial charge in [0.05, 0.1) is 18.9 Å².